The number of aromatic nitrogens is 2. The van der Waals surface area contributed by atoms with Gasteiger partial charge in [-0.25, -0.2) is 0 Å². The Labute approximate surface area is 116 Å². The van der Waals surface area contributed by atoms with E-state index in [2.05, 4.69) is 23.1 Å². The molecule has 1 saturated carbocycles. The van der Waals surface area contributed by atoms with Crippen molar-refractivity contribution in [2.45, 2.75) is 76.8 Å². The molecule has 3 nitrogen and oxygen atoms in total. The summed E-state index contributed by atoms with van der Waals surface area (Å²) in [6.07, 6.45) is 14.2. The van der Waals surface area contributed by atoms with Gasteiger partial charge < -0.3 is 5.32 Å². The highest BCUT2D eigenvalue weighted by molar-refractivity contribution is 5.25. The van der Waals surface area contributed by atoms with Gasteiger partial charge in [-0.05, 0) is 38.6 Å². The Morgan fingerprint density at radius 2 is 1.95 bits per heavy atom. The number of rotatable bonds is 3. The average molecular weight is 261 g/mol. The van der Waals surface area contributed by atoms with Crippen LogP contribution in [-0.4, -0.2) is 16.3 Å². The van der Waals surface area contributed by atoms with Gasteiger partial charge in [-0.2, -0.15) is 5.10 Å². The summed E-state index contributed by atoms with van der Waals surface area (Å²) in [4.78, 5) is 0. The van der Waals surface area contributed by atoms with E-state index in [9.17, 15) is 0 Å². The quantitative estimate of drug-likeness (QED) is 0.839. The molecule has 3 rings (SSSR count). The lowest BCUT2D eigenvalue weighted by Crippen LogP contribution is -2.25. The molecule has 0 amide bonds. The van der Waals surface area contributed by atoms with Gasteiger partial charge in [-0.1, -0.05) is 32.6 Å². The highest BCUT2D eigenvalue weighted by Crippen LogP contribution is 2.34. The minimum atomic E-state index is 0.549. The van der Waals surface area contributed by atoms with E-state index in [0.717, 1.165) is 6.54 Å². The first-order valence-corrected chi connectivity index (χ1v) is 8.19. The Bertz CT molecular complexity index is 402. The molecule has 0 bridgehead atoms. The number of hydrogen-bond donors (Lipinski definition) is 1. The van der Waals surface area contributed by atoms with Gasteiger partial charge in [-0.15, -0.1) is 0 Å². The Hall–Kier alpha value is -0.830. The normalized spacial score (nSPS) is 25.0. The van der Waals surface area contributed by atoms with E-state index in [-0.39, 0.29) is 0 Å². The van der Waals surface area contributed by atoms with Crippen molar-refractivity contribution < 1.29 is 0 Å². The lowest BCUT2D eigenvalue weighted by Gasteiger charge is -2.26. The Morgan fingerprint density at radius 1 is 1.16 bits per heavy atom. The van der Waals surface area contributed by atoms with Crippen LogP contribution in [0.1, 0.15) is 81.6 Å². The molecular formula is C16H27N3. The molecule has 0 radical (unpaired) electrons. The second-order valence-electron chi connectivity index (χ2n) is 6.14. The van der Waals surface area contributed by atoms with Gasteiger partial charge in [0.25, 0.3) is 0 Å². The summed E-state index contributed by atoms with van der Waals surface area (Å²) in [6, 6.07) is 1.22. The topological polar surface area (TPSA) is 29.9 Å². The fourth-order valence-corrected chi connectivity index (χ4v) is 3.86. The third-order valence-corrected chi connectivity index (χ3v) is 4.83. The maximum absolute atomic E-state index is 4.77. The van der Waals surface area contributed by atoms with Crippen LogP contribution in [0.5, 0.6) is 0 Å². The predicted octanol–water partition coefficient (Wildman–Crippen LogP) is 3.77. The van der Waals surface area contributed by atoms with Crippen LogP contribution >= 0.6 is 0 Å². The van der Waals surface area contributed by atoms with Crippen LogP contribution in [0.25, 0.3) is 0 Å². The summed E-state index contributed by atoms with van der Waals surface area (Å²) in [5.41, 5.74) is 3.02. The zero-order valence-electron chi connectivity index (χ0n) is 12.2. The molecule has 1 aromatic rings. The van der Waals surface area contributed by atoms with Gasteiger partial charge in [0, 0.05) is 17.3 Å². The Balaban J connectivity index is 1.83. The van der Waals surface area contributed by atoms with Crippen LogP contribution < -0.4 is 5.32 Å². The molecular weight excluding hydrogens is 234 g/mol. The third kappa shape index (κ3) is 2.71. The van der Waals surface area contributed by atoms with Gasteiger partial charge in [0.05, 0.1) is 12.2 Å². The maximum Gasteiger partial charge on any atom is 0.0540 e. The minimum Gasteiger partial charge on any atom is -0.310 e. The molecule has 0 spiro atoms. The first-order chi connectivity index (χ1) is 9.40. The summed E-state index contributed by atoms with van der Waals surface area (Å²) in [5.74, 6) is 0. The SMILES string of the molecule is CCNC1CCCc2c1cnn2C1CCCCCC1. The van der Waals surface area contributed by atoms with Crippen LogP contribution in [0.3, 0.4) is 0 Å². The van der Waals surface area contributed by atoms with Crippen LogP contribution in [0.15, 0.2) is 6.20 Å². The van der Waals surface area contributed by atoms with Crippen molar-refractivity contribution in [3.63, 3.8) is 0 Å². The van der Waals surface area contributed by atoms with Gasteiger partial charge in [0.15, 0.2) is 0 Å². The molecule has 1 atom stereocenters. The van der Waals surface area contributed by atoms with Crippen LogP contribution in [0.4, 0.5) is 0 Å². The van der Waals surface area contributed by atoms with E-state index >= 15 is 0 Å². The van der Waals surface area contributed by atoms with E-state index in [0.29, 0.717) is 12.1 Å². The van der Waals surface area contributed by atoms with Crippen LogP contribution in [0.2, 0.25) is 0 Å². The molecule has 1 aromatic heterocycles. The standard InChI is InChI=1S/C16H27N3/c1-2-17-15-10-7-11-16-14(15)12-18-19(16)13-8-5-3-4-6-9-13/h12-13,15,17H,2-11H2,1H3. The zero-order valence-corrected chi connectivity index (χ0v) is 12.2. The first kappa shape index (κ1) is 13.2. The average Bonchev–Trinajstić information content (AvgIpc) is 2.68. The number of nitrogens with one attached hydrogen (secondary N) is 1. The van der Waals surface area contributed by atoms with Crippen molar-refractivity contribution in [3.05, 3.63) is 17.5 Å². The van der Waals surface area contributed by atoms with Crippen molar-refractivity contribution in [2.24, 2.45) is 0 Å². The highest BCUT2D eigenvalue weighted by Gasteiger charge is 2.26. The highest BCUT2D eigenvalue weighted by atomic mass is 15.3. The van der Waals surface area contributed by atoms with E-state index in [1.54, 1.807) is 0 Å². The minimum absolute atomic E-state index is 0.549. The summed E-state index contributed by atoms with van der Waals surface area (Å²) >= 11 is 0. The van der Waals surface area contributed by atoms with Gasteiger partial charge >= 0.3 is 0 Å². The van der Waals surface area contributed by atoms with Crippen molar-refractivity contribution in [1.82, 2.24) is 15.1 Å². The third-order valence-electron chi connectivity index (χ3n) is 4.83. The van der Waals surface area contributed by atoms with Crippen molar-refractivity contribution in [1.29, 1.82) is 0 Å². The fourth-order valence-electron chi connectivity index (χ4n) is 3.86. The van der Waals surface area contributed by atoms with E-state index in [1.807, 2.05) is 0 Å². The van der Waals surface area contributed by atoms with Crippen LogP contribution in [0, 0.1) is 0 Å². The molecule has 1 N–H and O–H groups in total. The largest absolute Gasteiger partial charge is 0.310 e. The molecule has 3 heteroatoms. The number of fused-ring (bicyclic) bond motifs is 1. The lowest BCUT2D eigenvalue weighted by atomic mass is 9.92. The molecule has 0 aliphatic heterocycles. The summed E-state index contributed by atoms with van der Waals surface area (Å²) in [5, 5.41) is 8.39. The van der Waals surface area contributed by atoms with E-state index in [1.165, 1.54) is 69.0 Å². The second kappa shape index (κ2) is 6.08. The lowest BCUT2D eigenvalue weighted by molar-refractivity contribution is 0.380. The molecule has 1 unspecified atom stereocenters. The first-order valence-electron chi connectivity index (χ1n) is 8.19. The van der Waals surface area contributed by atoms with Crippen molar-refractivity contribution >= 4 is 0 Å². The van der Waals surface area contributed by atoms with Crippen molar-refractivity contribution in [3.8, 4) is 0 Å². The molecule has 1 heterocycles. The molecule has 1 fully saturated rings. The molecule has 19 heavy (non-hydrogen) atoms. The van der Waals surface area contributed by atoms with E-state index < -0.39 is 0 Å². The van der Waals surface area contributed by atoms with Gasteiger partial charge in [0.1, 0.15) is 0 Å². The monoisotopic (exact) mass is 261 g/mol. The number of nitrogens with zero attached hydrogens (tertiary/aromatic N) is 2. The summed E-state index contributed by atoms with van der Waals surface area (Å²) in [6.45, 7) is 3.25. The Kier molecular flexibility index (Phi) is 4.21. The maximum atomic E-state index is 4.77. The van der Waals surface area contributed by atoms with Crippen LogP contribution in [-0.2, 0) is 6.42 Å². The summed E-state index contributed by atoms with van der Waals surface area (Å²) in [7, 11) is 0. The second-order valence-corrected chi connectivity index (χ2v) is 6.14. The van der Waals surface area contributed by atoms with E-state index in [4.69, 9.17) is 5.10 Å². The predicted molar refractivity (Wildman–Crippen MR) is 78.3 cm³/mol. The van der Waals surface area contributed by atoms with Crippen molar-refractivity contribution in [2.75, 3.05) is 6.54 Å². The molecule has 0 saturated heterocycles. The Morgan fingerprint density at radius 3 is 2.68 bits per heavy atom. The summed E-state index contributed by atoms with van der Waals surface area (Å²) < 4.78 is 2.39. The van der Waals surface area contributed by atoms with Gasteiger partial charge in [0.2, 0.25) is 0 Å². The molecule has 106 valence electrons. The molecule has 0 aromatic carbocycles. The molecule has 2 aliphatic rings. The molecule has 2 aliphatic carbocycles. The zero-order chi connectivity index (χ0) is 13.1. The van der Waals surface area contributed by atoms with Gasteiger partial charge in [-0.3, -0.25) is 4.68 Å². The smallest absolute Gasteiger partial charge is 0.0540 e. The fraction of sp³-hybridized carbons (Fsp3) is 0.812. The number of hydrogen-bond acceptors (Lipinski definition) is 2.